The average Bonchev–Trinajstić information content (AvgIpc) is 2.84. The Hall–Kier alpha value is -1.53. The first-order valence-corrected chi connectivity index (χ1v) is 6.58. The van der Waals surface area contributed by atoms with E-state index in [4.69, 9.17) is 16.9 Å². The third kappa shape index (κ3) is 1.53. The number of fused-ring (bicyclic) bond motifs is 1. The van der Waals surface area contributed by atoms with Crippen LogP contribution in [0.3, 0.4) is 0 Å². The number of alkyl halides is 1. The summed E-state index contributed by atoms with van der Waals surface area (Å²) in [5.41, 5.74) is 2.73. The van der Waals surface area contributed by atoms with E-state index in [0.717, 1.165) is 23.3 Å². The average molecular weight is 260 g/mol. The molecule has 1 heterocycles. The van der Waals surface area contributed by atoms with E-state index in [1.54, 1.807) is 6.07 Å². The fraction of sp³-hybridized carbons (Fsp3) is 0.429. The molecule has 4 heteroatoms. The predicted octanol–water partition coefficient (Wildman–Crippen LogP) is 3.62. The van der Waals surface area contributed by atoms with Gasteiger partial charge in [0, 0.05) is 6.04 Å². The Labute approximate surface area is 111 Å². The molecule has 0 bridgehead atoms. The van der Waals surface area contributed by atoms with Crippen LogP contribution in [-0.2, 0) is 5.88 Å². The summed E-state index contributed by atoms with van der Waals surface area (Å²) in [4.78, 5) is 4.54. The van der Waals surface area contributed by atoms with Crippen LogP contribution >= 0.6 is 11.6 Å². The lowest BCUT2D eigenvalue weighted by Gasteiger charge is -2.09. The highest BCUT2D eigenvalue weighted by Gasteiger charge is 2.48. The number of para-hydroxylation sites is 1. The lowest BCUT2D eigenvalue weighted by molar-refractivity contribution is 0.540. The number of hydrogen-bond acceptors (Lipinski definition) is 2. The van der Waals surface area contributed by atoms with Crippen LogP contribution in [-0.4, -0.2) is 9.55 Å². The standard InChI is InChI=1S/C14H14ClN3/c1-14(2)6-11(14)18-10-5-3-4-9(8-16)13(10)17-12(18)7-15/h3-5,11H,6-7H2,1-2H3. The van der Waals surface area contributed by atoms with Gasteiger partial charge in [0.05, 0.1) is 17.0 Å². The van der Waals surface area contributed by atoms with Gasteiger partial charge in [-0.15, -0.1) is 11.6 Å². The van der Waals surface area contributed by atoms with E-state index < -0.39 is 0 Å². The minimum absolute atomic E-state index is 0.303. The molecule has 3 nitrogen and oxygen atoms in total. The second kappa shape index (κ2) is 3.73. The quantitative estimate of drug-likeness (QED) is 0.773. The summed E-state index contributed by atoms with van der Waals surface area (Å²) in [6, 6.07) is 8.38. The number of nitriles is 1. The normalized spacial score (nSPS) is 20.9. The van der Waals surface area contributed by atoms with Crippen LogP contribution in [0.5, 0.6) is 0 Å². The summed E-state index contributed by atoms with van der Waals surface area (Å²) in [5.74, 6) is 1.25. The molecule has 0 amide bonds. The monoisotopic (exact) mass is 259 g/mol. The van der Waals surface area contributed by atoms with Crippen molar-refractivity contribution < 1.29 is 0 Å². The van der Waals surface area contributed by atoms with Gasteiger partial charge in [0.1, 0.15) is 17.4 Å². The highest BCUT2D eigenvalue weighted by atomic mass is 35.5. The Bertz CT molecular complexity index is 663. The summed E-state index contributed by atoms with van der Waals surface area (Å²) >= 11 is 6.00. The van der Waals surface area contributed by atoms with Gasteiger partial charge in [-0.05, 0) is 24.0 Å². The molecule has 1 aliphatic carbocycles. The SMILES string of the molecule is CC1(C)CC1n1c(CCl)nc2c(C#N)cccc21. The molecule has 1 atom stereocenters. The Balaban J connectivity index is 2.27. The minimum atomic E-state index is 0.303. The van der Waals surface area contributed by atoms with Crippen LogP contribution in [0.15, 0.2) is 18.2 Å². The third-order valence-electron chi connectivity index (χ3n) is 3.81. The predicted molar refractivity (Wildman–Crippen MR) is 71.4 cm³/mol. The van der Waals surface area contributed by atoms with Gasteiger partial charge in [0.15, 0.2) is 0 Å². The number of halogens is 1. The van der Waals surface area contributed by atoms with Crippen molar-refractivity contribution in [1.29, 1.82) is 5.26 Å². The van der Waals surface area contributed by atoms with Crippen LogP contribution in [0, 0.1) is 16.7 Å². The fourth-order valence-corrected chi connectivity index (χ4v) is 2.77. The molecule has 92 valence electrons. The maximum atomic E-state index is 9.13. The van der Waals surface area contributed by atoms with E-state index in [-0.39, 0.29) is 0 Å². The largest absolute Gasteiger partial charge is 0.323 e. The molecule has 1 saturated carbocycles. The summed E-state index contributed by atoms with van der Waals surface area (Å²) in [6.07, 6.45) is 1.14. The van der Waals surface area contributed by atoms with Crippen molar-refractivity contribution in [2.75, 3.05) is 0 Å². The van der Waals surface area contributed by atoms with E-state index >= 15 is 0 Å². The number of benzene rings is 1. The molecular formula is C14H14ClN3. The molecule has 1 fully saturated rings. The van der Waals surface area contributed by atoms with Crippen molar-refractivity contribution in [3.63, 3.8) is 0 Å². The smallest absolute Gasteiger partial charge is 0.125 e. The Morgan fingerprint density at radius 2 is 2.28 bits per heavy atom. The van der Waals surface area contributed by atoms with Gasteiger partial charge in [-0.2, -0.15) is 5.26 Å². The second-order valence-corrected chi connectivity index (χ2v) is 5.79. The van der Waals surface area contributed by atoms with Gasteiger partial charge < -0.3 is 4.57 Å². The van der Waals surface area contributed by atoms with Crippen molar-refractivity contribution in [3.8, 4) is 6.07 Å². The number of nitrogens with zero attached hydrogens (tertiary/aromatic N) is 3. The van der Waals surface area contributed by atoms with Crippen molar-refractivity contribution in [2.24, 2.45) is 5.41 Å². The van der Waals surface area contributed by atoms with Gasteiger partial charge in [0.2, 0.25) is 0 Å². The van der Waals surface area contributed by atoms with Crippen molar-refractivity contribution in [2.45, 2.75) is 32.2 Å². The van der Waals surface area contributed by atoms with E-state index in [9.17, 15) is 0 Å². The number of rotatable bonds is 2. The van der Waals surface area contributed by atoms with Crippen LogP contribution in [0.4, 0.5) is 0 Å². The number of imidazole rings is 1. The van der Waals surface area contributed by atoms with Gasteiger partial charge in [-0.1, -0.05) is 19.9 Å². The zero-order valence-electron chi connectivity index (χ0n) is 10.4. The van der Waals surface area contributed by atoms with Crippen molar-refractivity contribution in [1.82, 2.24) is 9.55 Å². The second-order valence-electron chi connectivity index (χ2n) is 5.53. The summed E-state index contributed by atoms with van der Waals surface area (Å²) in [6.45, 7) is 4.49. The summed E-state index contributed by atoms with van der Waals surface area (Å²) < 4.78 is 2.21. The van der Waals surface area contributed by atoms with Crippen molar-refractivity contribution in [3.05, 3.63) is 29.6 Å². The summed E-state index contributed by atoms with van der Waals surface area (Å²) in [7, 11) is 0. The summed E-state index contributed by atoms with van der Waals surface area (Å²) in [5, 5.41) is 9.13. The Kier molecular flexibility index (Phi) is 2.39. The molecule has 1 aromatic carbocycles. The molecule has 0 N–H and O–H groups in total. The molecule has 2 aromatic rings. The molecule has 0 saturated heterocycles. The minimum Gasteiger partial charge on any atom is -0.323 e. The van der Waals surface area contributed by atoms with Gasteiger partial charge >= 0.3 is 0 Å². The number of hydrogen-bond donors (Lipinski definition) is 0. The third-order valence-corrected chi connectivity index (χ3v) is 4.05. The van der Waals surface area contributed by atoms with Crippen LogP contribution in [0.25, 0.3) is 11.0 Å². The molecule has 0 radical (unpaired) electrons. The topological polar surface area (TPSA) is 41.6 Å². The molecule has 0 spiro atoms. The van der Waals surface area contributed by atoms with E-state index in [1.165, 1.54) is 0 Å². The Morgan fingerprint density at radius 1 is 1.56 bits per heavy atom. The molecule has 18 heavy (non-hydrogen) atoms. The number of aromatic nitrogens is 2. The Morgan fingerprint density at radius 3 is 2.83 bits per heavy atom. The van der Waals surface area contributed by atoms with Crippen LogP contribution in [0.1, 0.15) is 37.7 Å². The highest BCUT2D eigenvalue weighted by Crippen LogP contribution is 2.56. The van der Waals surface area contributed by atoms with Gasteiger partial charge in [-0.25, -0.2) is 4.98 Å². The first-order chi connectivity index (χ1) is 8.58. The molecular weight excluding hydrogens is 246 g/mol. The van der Waals surface area contributed by atoms with Gasteiger partial charge in [0.25, 0.3) is 0 Å². The molecule has 1 aromatic heterocycles. The lowest BCUT2D eigenvalue weighted by Crippen LogP contribution is -2.04. The van der Waals surface area contributed by atoms with E-state index in [0.29, 0.717) is 22.9 Å². The molecule has 1 aliphatic rings. The fourth-order valence-electron chi connectivity index (χ4n) is 2.58. The van der Waals surface area contributed by atoms with E-state index in [1.807, 2.05) is 12.1 Å². The maximum absolute atomic E-state index is 9.13. The highest BCUT2D eigenvalue weighted by molar-refractivity contribution is 6.16. The lowest BCUT2D eigenvalue weighted by atomic mass is 10.1. The maximum Gasteiger partial charge on any atom is 0.125 e. The zero-order chi connectivity index (χ0) is 12.9. The molecule has 3 rings (SSSR count). The van der Waals surface area contributed by atoms with Crippen LogP contribution in [0.2, 0.25) is 0 Å². The van der Waals surface area contributed by atoms with Gasteiger partial charge in [-0.3, -0.25) is 0 Å². The molecule has 0 aliphatic heterocycles. The zero-order valence-corrected chi connectivity index (χ0v) is 11.2. The molecule has 1 unspecified atom stereocenters. The van der Waals surface area contributed by atoms with Crippen LogP contribution < -0.4 is 0 Å². The first kappa shape index (κ1) is 11.6. The van der Waals surface area contributed by atoms with Crippen molar-refractivity contribution >= 4 is 22.6 Å². The van der Waals surface area contributed by atoms with E-state index in [2.05, 4.69) is 29.5 Å². The first-order valence-electron chi connectivity index (χ1n) is 6.04.